The van der Waals surface area contributed by atoms with E-state index in [9.17, 15) is 9.59 Å². The van der Waals surface area contributed by atoms with Crippen LogP contribution in [0.1, 0.15) is 44.2 Å². The summed E-state index contributed by atoms with van der Waals surface area (Å²) in [5, 5.41) is 7.64. The van der Waals surface area contributed by atoms with Crippen LogP contribution in [0.25, 0.3) is 0 Å². The van der Waals surface area contributed by atoms with E-state index in [-0.39, 0.29) is 6.04 Å². The molecule has 1 fully saturated rings. The van der Waals surface area contributed by atoms with E-state index >= 15 is 0 Å². The number of carbonyl (C=O) groups is 2. The monoisotopic (exact) mass is 281 g/mol. The summed E-state index contributed by atoms with van der Waals surface area (Å²) in [5.74, 6) is -1.18. The van der Waals surface area contributed by atoms with Gasteiger partial charge in [0, 0.05) is 11.4 Å². The van der Waals surface area contributed by atoms with Crippen molar-refractivity contribution in [1.29, 1.82) is 0 Å². The molecule has 2 rings (SSSR count). The van der Waals surface area contributed by atoms with Gasteiger partial charge in [-0.05, 0) is 19.8 Å². The summed E-state index contributed by atoms with van der Waals surface area (Å²) in [6, 6.07) is 0.138. The van der Waals surface area contributed by atoms with Crippen molar-refractivity contribution in [2.45, 2.75) is 51.5 Å². The molecule has 1 aromatic heterocycles. The molecule has 2 N–H and O–H groups in total. The van der Waals surface area contributed by atoms with Crippen molar-refractivity contribution >= 4 is 28.3 Å². The summed E-state index contributed by atoms with van der Waals surface area (Å²) in [7, 11) is 0. The SMILES string of the molecule is Cc1csc(NC(=O)C(=O)NC2CCCCCC2)n1. The van der Waals surface area contributed by atoms with Crippen LogP contribution in [0.3, 0.4) is 0 Å². The predicted octanol–water partition coefficient (Wildman–Crippen LogP) is 2.23. The van der Waals surface area contributed by atoms with Crippen molar-refractivity contribution in [3.8, 4) is 0 Å². The van der Waals surface area contributed by atoms with Gasteiger partial charge in [-0.3, -0.25) is 14.9 Å². The standard InChI is InChI=1S/C13H19N3O2S/c1-9-8-19-13(14-9)16-12(18)11(17)15-10-6-4-2-3-5-7-10/h8,10H,2-7H2,1H3,(H,15,17)(H,14,16,18). The minimum absolute atomic E-state index is 0.138. The zero-order chi connectivity index (χ0) is 13.7. The van der Waals surface area contributed by atoms with E-state index in [0.29, 0.717) is 5.13 Å². The van der Waals surface area contributed by atoms with Gasteiger partial charge in [-0.25, -0.2) is 4.98 Å². The number of nitrogens with one attached hydrogen (secondary N) is 2. The molecule has 0 spiro atoms. The summed E-state index contributed by atoms with van der Waals surface area (Å²) < 4.78 is 0. The van der Waals surface area contributed by atoms with Gasteiger partial charge in [0.05, 0.1) is 5.69 Å². The minimum atomic E-state index is -0.626. The van der Waals surface area contributed by atoms with Gasteiger partial charge in [-0.2, -0.15) is 0 Å². The fourth-order valence-corrected chi connectivity index (χ4v) is 2.92. The first-order chi connectivity index (χ1) is 9.15. The molecule has 0 saturated heterocycles. The molecule has 0 bridgehead atoms. The fraction of sp³-hybridized carbons (Fsp3) is 0.615. The van der Waals surface area contributed by atoms with E-state index in [1.807, 2.05) is 12.3 Å². The zero-order valence-electron chi connectivity index (χ0n) is 11.1. The van der Waals surface area contributed by atoms with Crippen LogP contribution in [0.15, 0.2) is 5.38 Å². The van der Waals surface area contributed by atoms with Crippen LogP contribution in [0.4, 0.5) is 5.13 Å². The van der Waals surface area contributed by atoms with E-state index in [1.54, 1.807) is 0 Å². The summed E-state index contributed by atoms with van der Waals surface area (Å²) in [6.45, 7) is 1.84. The molecule has 1 saturated carbocycles. The van der Waals surface area contributed by atoms with E-state index in [1.165, 1.54) is 24.2 Å². The molecule has 0 radical (unpaired) electrons. The molecule has 1 aliphatic rings. The number of nitrogens with zero attached hydrogens (tertiary/aromatic N) is 1. The van der Waals surface area contributed by atoms with Gasteiger partial charge in [-0.15, -0.1) is 11.3 Å². The second-order valence-corrected chi connectivity index (χ2v) is 5.77. The Morgan fingerprint density at radius 1 is 1.21 bits per heavy atom. The molecule has 0 atom stereocenters. The highest BCUT2D eigenvalue weighted by molar-refractivity contribution is 7.14. The Bertz CT molecular complexity index is 450. The maximum absolute atomic E-state index is 11.8. The van der Waals surface area contributed by atoms with Crippen LogP contribution in [0.5, 0.6) is 0 Å². The molecule has 0 aliphatic heterocycles. The van der Waals surface area contributed by atoms with Gasteiger partial charge in [0.2, 0.25) is 0 Å². The number of hydrogen-bond acceptors (Lipinski definition) is 4. The van der Waals surface area contributed by atoms with Gasteiger partial charge in [0.15, 0.2) is 5.13 Å². The third-order valence-corrected chi connectivity index (χ3v) is 4.11. The zero-order valence-corrected chi connectivity index (χ0v) is 11.9. The van der Waals surface area contributed by atoms with Crippen LogP contribution in [-0.4, -0.2) is 22.8 Å². The van der Waals surface area contributed by atoms with Crippen molar-refractivity contribution in [1.82, 2.24) is 10.3 Å². The number of thiazole rings is 1. The lowest BCUT2D eigenvalue weighted by molar-refractivity contribution is -0.136. The Labute approximate surface area is 116 Å². The first kappa shape index (κ1) is 14.0. The van der Waals surface area contributed by atoms with Crippen molar-refractivity contribution in [3.63, 3.8) is 0 Å². The highest BCUT2D eigenvalue weighted by Crippen LogP contribution is 2.17. The van der Waals surface area contributed by atoms with Gasteiger partial charge in [-0.1, -0.05) is 25.7 Å². The Morgan fingerprint density at radius 3 is 2.47 bits per heavy atom. The number of aromatic nitrogens is 1. The summed E-state index contributed by atoms with van der Waals surface area (Å²) in [6.07, 6.45) is 6.62. The van der Waals surface area contributed by atoms with Crippen LogP contribution in [0.2, 0.25) is 0 Å². The Hall–Kier alpha value is -1.43. The van der Waals surface area contributed by atoms with Crippen LogP contribution < -0.4 is 10.6 Å². The molecule has 0 aromatic carbocycles. The number of amides is 2. The fourth-order valence-electron chi connectivity index (χ4n) is 2.24. The summed E-state index contributed by atoms with van der Waals surface area (Å²) >= 11 is 1.32. The van der Waals surface area contributed by atoms with E-state index in [2.05, 4.69) is 15.6 Å². The molecule has 1 aliphatic carbocycles. The molecule has 0 unspecified atom stereocenters. The summed E-state index contributed by atoms with van der Waals surface area (Å²) in [5.41, 5.74) is 0.837. The lowest BCUT2D eigenvalue weighted by atomic mass is 10.1. The van der Waals surface area contributed by atoms with Crippen molar-refractivity contribution < 1.29 is 9.59 Å². The number of carbonyl (C=O) groups excluding carboxylic acids is 2. The first-order valence-electron chi connectivity index (χ1n) is 6.69. The van der Waals surface area contributed by atoms with Gasteiger partial charge >= 0.3 is 11.8 Å². The van der Waals surface area contributed by atoms with Crippen LogP contribution >= 0.6 is 11.3 Å². The van der Waals surface area contributed by atoms with Crippen molar-refractivity contribution in [2.75, 3.05) is 5.32 Å². The quantitative estimate of drug-likeness (QED) is 0.645. The normalized spacial score (nSPS) is 16.7. The van der Waals surface area contributed by atoms with Gasteiger partial charge in [0.1, 0.15) is 0 Å². The van der Waals surface area contributed by atoms with E-state index in [0.717, 1.165) is 31.4 Å². The molecule has 2 amide bonds. The smallest absolute Gasteiger partial charge is 0.315 e. The lowest BCUT2D eigenvalue weighted by Crippen LogP contribution is -2.41. The number of rotatable bonds is 2. The Balaban J connectivity index is 1.83. The van der Waals surface area contributed by atoms with Crippen LogP contribution in [-0.2, 0) is 9.59 Å². The van der Waals surface area contributed by atoms with Gasteiger partial charge in [0.25, 0.3) is 0 Å². The Kier molecular flexibility index (Phi) is 4.90. The molecule has 19 heavy (non-hydrogen) atoms. The number of anilines is 1. The molecule has 104 valence electrons. The second-order valence-electron chi connectivity index (χ2n) is 4.91. The largest absolute Gasteiger partial charge is 0.345 e. The third-order valence-electron chi connectivity index (χ3n) is 3.24. The molecule has 1 aromatic rings. The molecule has 6 heteroatoms. The van der Waals surface area contributed by atoms with Crippen LogP contribution in [0, 0.1) is 6.92 Å². The number of hydrogen-bond donors (Lipinski definition) is 2. The van der Waals surface area contributed by atoms with Gasteiger partial charge < -0.3 is 5.32 Å². The minimum Gasteiger partial charge on any atom is -0.345 e. The molecule has 5 nitrogen and oxygen atoms in total. The van der Waals surface area contributed by atoms with E-state index < -0.39 is 11.8 Å². The first-order valence-corrected chi connectivity index (χ1v) is 7.57. The van der Waals surface area contributed by atoms with Crippen molar-refractivity contribution in [2.24, 2.45) is 0 Å². The average Bonchev–Trinajstić information content (AvgIpc) is 2.64. The average molecular weight is 281 g/mol. The maximum atomic E-state index is 11.8. The number of aryl methyl sites for hydroxylation is 1. The lowest BCUT2D eigenvalue weighted by Gasteiger charge is -2.15. The highest BCUT2D eigenvalue weighted by Gasteiger charge is 2.20. The summed E-state index contributed by atoms with van der Waals surface area (Å²) in [4.78, 5) is 27.6. The molecular formula is C13H19N3O2S. The van der Waals surface area contributed by atoms with Crippen molar-refractivity contribution in [3.05, 3.63) is 11.1 Å². The predicted molar refractivity (Wildman–Crippen MR) is 75.1 cm³/mol. The molecular weight excluding hydrogens is 262 g/mol. The second kappa shape index (κ2) is 6.65. The highest BCUT2D eigenvalue weighted by atomic mass is 32.1. The Morgan fingerprint density at radius 2 is 1.89 bits per heavy atom. The van der Waals surface area contributed by atoms with E-state index in [4.69, 9.17) is 0 Å². The molecule has 1 heterocycles. The topological polar surface area (TPSA) is 71.1 Å². The maximum Gasteiger partial charge on any atom is 0.315 e. The third kappa shape index (κ3) is 4.31.